The summed E-state index contributed by atoms with van der Waals surface area (Å²) < 4.78 is 0. The van der Waals surface area contributed by atoms with Gasteiger partial charge in [-0.3, -0.25) is 0 Å². The van der Waals surface area contributed by atoms with E-state index in [4.69, 9.17) is 0 Å². The number of aromatic hydroxyl groups is 2. The second kappa shape index (κ2) is 7.77. The van der Waals surface area contributed by atoms with Crippen molar-refractivity contribution in [3.8, 4) is 11.5 Å². The molecular formula is C32H44O2. The van der Waals surface area contributed by atoms with Gasteiger partial charge in [-0.25, -0.2) is 0 Å². The fourth-order valence-electron chi connectivity index (χ4n) is 8.17. The summed E-state index contributed by atoms with van der Waals surface area (Å²) in [4.78, 5) is 0. The fraction of sp³-hybridized carbons (Fsp3) is 0.625. The van der Waals surface area contributed by atoms with Crippen LogP contribution in [0.1, 0.15) is 112 Å². The summed E-state index contributed by atoms with van der Waals surface area (Å²) in [5.41, 5.74) is 6.99. The van der Waals surface area contributed by atoms with E-state index in [0.29, 0.717) is 47.0 Å². The molecule has 0 radical (unpaired) electrons. The van der Waals surface area contributed by atoms with Gasteiger partial charge in [-0.2, -0.15) is 0 Å². The van der Waals surface area contributed by atoms with E-state index in [0.717, 1.165) is 11.1 Å². The minimum Gasteiger partial charge on any atom is -0.507 e. The minimum atomic E-state index is -0.0594. The third-order valence-corrected chi connectivity index (χ3v) is 9.50. The summed E-state index contributed by atoms with van der Waals surface area (Å²) in [5.74, 6) is 4.79. The van der Waals surface area contributed by atoms with Crippen molar-refractivity contribution < 1.29 is 10.2 Å². The number of phenols is 2. The van der Waals surface area contributed by atoms with Crippen molar-refractivity contribution in [3.63, 3.8) is 0 Å². The molecule has 2 heteroatoms. The number of fused-ring (bicyclic) bond motifs is 5. The van der Waals surface area contributed by atoms with Crippen LogP contribution < -0.4 is 0 Å². The van der Waals surface area contributed by atoms with Crippen LogP contribution in [0.2, 0.25) is 0 Å². The summed E-state index contributed by atoms with van der Waals surface area (Å²) in [6.07, 6.45) is 4.90. The monoisotopic (exact) mass is 460 g/mol. The molecule has 3 saturated carbocycles. The third-order valence-electron chi connectivity index (χ3n) is 9.50. The topological polar surface area (TPSA) is 40.5 Å². The molecule has 34 heavy (non-hydrogen) atoms. The van der Waals surface area contributed by atoms with E-state index >= 15 is 0 Å². The molecule has 2 nitrogen and oxygen atoms in total. The first-order chi connectivity index (χ1) is 15.8. The molecule has 184 valence electrons. The van der Waals surface area contributed by atoms with Gasteiger partial charge >= 0.3 is 0 Å². The van der Waals surface area contributed by atoms with Gasteiger partial charge in [0.2, 0.25) is 0 Å². The molecule has 3 fully saturated rings. The van der Waals surface area contributed by atoms with Gasteiger partial charge in [0, 0.05) is 0 Å². The van der Waals surface area contributed by atoms with Crippen LogP contribution in [0.4, 0.5) is 0 Å². The first-order valence-corrected chi connectivity index (χ1v) is 13.5. The highest BCUT2D eigenvalue weighted by Gasteiger charge is 2.58. The largest absolute Gasteiger partial charge is 0.507 e. The number of aryl methyl sites for hydroxylation is 2. The van der Waals surface area contributed by atoms with Crippen molar-refractivity contribution in [1.29, 1.82) is 0 Å². The lowest BCUT2D eigenvalue weighted by molar-refractivity contribution is 0.215. The molecule has 6 unspecified atom stereocenters. The zero-order chi connectivity index (χ0) is 24.7. The van der Waals surface area contributed by atoms with Crippen LogP contribution >= 0.6 is 0 Å². The highest BCUT2D eigenvalue weighted by Crippen LogP contribution is 2.68. The van der Waals surface area contributed by atoms with E-state index < -0.39 is 0 Å². The molecule has 2 aromatic rings. The number of rotatable bonds is 2. The molecule has 2 N–H and O–H groups in total. The SMILES string of the molecule is Cc1cc(C2CC3CC2C2CCC(c4cc(C)cc(C(C)(C)C)c4O)C32)c(O)c(C(C)(C)C)c1. The Morgan fingerprint density at radius 1 is 0.647 bits per heavy atom. The van der Waals surface area contributed by atoms with E-state index in [-0.39, 0.29) is 10.8 Å². The smallest absolute Gasteiger partial charge is 0.122 e. The number of benzene rings is 2. The van der Waals surface area contributed by atoms with Crippen molar-refractivity contribution >= 4 is 0 Å². The molecule has 3 aliphatic rings. The molecule has 0 saturated heterocycles. The maximum Gasteiger partial charge on any atom is 0.122 e. The summed E-state index contributed by atoms with van der Waals surface area (Å²) in [6, 6.07) is 8.88. The molecular weight excluding hydrogens is 416 g/mol. The van der Waals surface area contributed by atoms with Crippen molar-refractivity contribution in [2.45, 2.75) is 104 Å². The molecule has 0 aromatic heterocycles. The van der Waals surface area contributed by atoms with Crippen LogP contribution in [0.3, 0.4) is 0 Å². The Kier molecular flexibility index (Phi) is 5.43. The zero-order valence-corrected chi connectivity index (χ0v) is 22.5. The van der Waals surface area contributed by atoms with Crippen molar-refractivity contribution in [3.05, 3.63) is 57.6 Å². The normalized spacial score (nSPS) is 30.7. The van der Waals surface area contributed by atoms with Gasteiger partial charge in [-0.15, -0.1) is 0 Å². The Morgan fingerprint density at radius 2 is 1.15 bits per heavy atom. The summed E-state index contributed by atoms with van der Waals surface area (Å²) in [5, 5.41) is 22.7. The standard InChI is InChI=1S/C32H44O2/c1-17-11-24(29(33)26(13-17)31(3,4)5)21-10-9-20-22-15-19(28(20)21)16-23(22)25-12-18(2)14-27(30(25)34)32(6,7)8/h11-14,19-23,28,33-34H,9-10,15-16H2,1-8H3. The van der Waals surface area contributed by atoms with Crippen LogP contribution in [0.15, 0.2) is 24.3 Å². The number of hydrogen-bond donors (Lipinski definition) is 2. The lowest BCUT2D eigenvalue weighted by atomic mass is 9.69. The molecule has 0 aliphatic heterocycles. The quantitative estimate of drug-likeness (QED) is 0.474. The predicted octanol–water partition coefficient (Wildman–Crippen LogP) is 8.24. The fourth-order valence-corrected chi connectivity index (χ4v) is 8.17. The van der Waals surface area contributed by atoms with Crippen molar-refractivity contribution in [2.75, 3.05) is 0 Å². The molecule has 5 rings (SSSR count). The first kappa shape index (κ1) is 23.8. The van der Waals surface area contributed by atoms with Crippen molar-refractivity contribution in [2.24, 2.45) is 23.7 Å². The highest BCUT2D eigenvalue weighted by atomic mass is 16.3. The Morgan fingerprint density at radius 3 is 1.65 bits per heavy atom. The molecule has 0 amide bonds. The van der Waals surface area contributed by atoms with E-state index in [1.165, 1.54) is 47.9 Å². The summed E-state index contributed by atoms with van der Waals surface area (Å²) >= 11 is 0. The minimum absolute atomic E-state index is 0.0586. The Balaban J connectivity index is 1.47. The average molecular weight is 461 g/mol. The Bertz CT molecular complexity index is 1110. The lowest BCUT2D eigenvalue weighted by Gasteiger charge is -2.36. The zero-order valence-electron chi connectivity index (χ0n) is 22.5. The van der Waals surface area contributed by atoms with E-state index in [1.807, 2.05) is 0 Å². The van der Waals surface area contributed by atoms with E-state index in [2.05, 4.69) is 79.7 Å². The molecule has 3 aliphatic carbocycles. The van der Waals surface area contributed by atoms with Crippen LogP contribution in [-0.2, 0) is 10.8 Å². The first-order valence-electron chi connectivity index (χ1n) is 13.5. The van der Waals surface area contributed by atoms with Gasteiger partial charge in [-0.05, 0) is 108 Å². The van der Waals surface area contributed by atoms with Gasteiger partial charge in [0.25, 0.3) is 0 Å². The molecule has 0 heterocycles. The predicted molar refractivity (Wildman–Crippen MR) is 141 cm³/mol. The van der Waals surface area contributed by atoms with E-state index in [1.54, 1.807) is 0 Å². The van der Waals surface area contributed by atoms with Gasteiger partial charge < -0.3 is 10.2 Å². The van der Waals surface area contributed by atoms with Gasteiger partial charge in [0.05, 0.1) is 0 Å². The lowest BCUT2D eigenvalue weighted by Crippen LogP contribution is -2.26. The maximum atomic E-state index is 11.4. The Labute approximate surface area is 206 Å². The number of hydrogen-bond acceptors (Lipinski definition) is 2. The second-order valence-electron chi connectivity index (χ2n) is 13.9. The van der Waals surface area contributed by atoms with E-state index in [9.17, 15) is 10.2 Å². The molecule has 2 aromatic carbocycles. The van der Waals surface area contributed by atoms with Crippen LogP contribution in [-0.4, -0.2) is 10.2 Å². The van der Waals surface area contributed by atoms with Crippen LogP contribution in [0.5, 0.6) is 11.5 Å². The van der Waals surface area contributed by atoms with Crippen LogP contribution in [0.25, 0.3) is 0 Å². The molecule has 0 spiro atoms. The maximum absolute atomic E-state index is 11.4. The van der Waals surface area contributed by atoms with Crippen LogP contribution in [0, 0.1) is 37.5 Å². The average Bonchev–Trinajstić information content (AvgIpc) is 3.41. The van der Waals surface area contributed by atoms with Gasteiger partial charge in [-0.1, -0.05) is 76.9 Å². The third kappa shape index (κ3) is 3.67. The number of phenolic OH excluding ortho intramolecular Hbond substituents is 2. The second-order valence-corrected chi connectivity index (χ2v) is 13.9. The summed E-state index contributed by atoms with van der Waals surface area (Å²) in [6.45, 7) is 17.5. The Hall–Kier alpha value is -1.96. The molecule has 6 atom stereocenters. The highest BCUT2D eigenvalue weighted by molar-refractivity contribution is 5.51. The summed E-state index contributed by atoms with van der Waals surface area (Å²) in [7, 11) is 0. The van der Waals surface area contributed by atoms with Gasteiger partial charge in [0.15, 0.2) is 0 Å². The molecule has 2 bridgehead atoms. The van der Waals surface area contributed by atoms with Gasteiger partial charge in [0.1, 0.15) is 11.5 Å². The van der Waals surface area contributed by atoms with Crippen molar-refractivity contribution in [1.82, 2.24) is 0 Å².